The number of phenolic OH excluding ortho intramolecular Hbond substituents is 1. The van der Waals surface area contributed by atoms with Crippen LogP contribution in [0.2, 0.25) is 0 Å². The standard InChI is InChI=1S/C25H32N4O5/c1-15(2)22(25(34)28-20(23(26)32)13-18-9-11-19(31)12-10-18)29-24(33)21(27-16(3)30)14-17-7-5-4-6-8-17/h4-12,15,20-22,31H,13-14H2,1-3H3,(H2,26,32)(H,27,30)(H,28,34)(H,29,33)/t20-,21-,22+/m0/s1. The van der Waals surface area contributed by atoms with Crippen molar-refractivity contribution in [2.24, 2.45) is 11.7 Å². The molecule has 0 heterocycles. The van der Waals surface area contributed by atoms with Crippen LogP contribution < -0.4 is 21.7 Å². The van der Waals surface area contributed by atoms with E-state index in [0.717, 1.165) is 5.56 Å². The molecular weight excluding hydrogens is 436 g/mol. The van der Waals surface area contributed by atoms with Gasteiger partial charge in [-0.25, -0.2) is 0 Å². The van der Waals surface area contributed by atoms with Crippen LogP contribution in [0.25, 0.3) is 0 Å². The minimum atomic E-state index is -1.01. The Morgan fingerprint density at radius 1 is 0.794 bits per heavy atom. The number of phenols is 1. The van der Waals surface area contributed by atoms with Crippen molar-refractivity contribution in [1.82, 2.24) is 16.0 Å². The Labute approximate surface area is 199 Å². The summed E-state index contributed by atoms with van der Waals surface area (Å²) in [7, 11) is 0. The summed E-state index contributed by atoms with van der Waals surface area (Å²) in [6.45, 7) is 4.83. The number of carbonyl (C=O) groups excluding carboxylic acids is 4. The molecule has 182 valence electrons. The van der Waals surface area contributed by atoms with E-state index in [2.05, 4.69) is 16.0 Å². The quantitative estimate of drug-likeness (QED) is 0.330. The van der Waals surface area contributed by atoms with Gasteiger partial charge in [0, 0.05) is 19.8 Å². The normalized spacial score (nSPS) is 13.4. The van der Waals surface area contributed by atoms with Gasteiger partial charge in [-0.3, -0.25) is 19.2 Å². The number of benzene rings is 2. The molecule has 0 radical (unpaired) electrons. The molecule has 0 spiro atoms. The van der Waals surface area contributed by atoms with Crippen molar-refractivity contribution in [2.75, 3.05) is 0 Å². The fourth-order valence-electron chi connectivity index (χ4n) is 3.45. The number of rotatable bonds is 11. The third kappa shape index (κ3) is 8.23. The molecular formula is C25H32N4O5. The first-order chi connectivity index (χ1) is 16.1. The Hall–Kier alpha value is -3.88. The number of hydrogen-bond donors (Lipinski definition) is 5. The second-order valence-electron chi connectivity index (χ2n) is 8.51. The summed E-state index contributed by atoms with van der Waals surface area (Å²) in [4.78, 5) is 49.7. The maximum atomic E-state index is 13.0. The highest BCUT2D eigenvalue weighted by atomic mass is 16.3. The van der Waals surface area contributed by atoms with Crippen LogP contribution in [-0.4, -0.2) is 46.9 Å². The van der Waals surface area contributed by atoms with Crippen LogP contribution >= 0.6 is 0 Å². The highest BCUT2D eigenvalue weighted by Crippen LogP contribution is 2.12. The zero-order valence-electron chi connectivity index (χ0n) is 19.6. The lowest BCUT2D eigenvalue weighted by Gasteiger charge is -2.27. The van der Waals surface area contributed by atoms with Crippen LogP contribution in [0.4, 0.5) is 0 Å². The van der Waals surface area contributed by atoms with Gasteiger partial charge in [0.05, 0.1) is 0 Å². The molecule has 9 nitrogen and oxygen atoms in total. The Bertz CT molecular complexity index is 992. The summed E-state index contributed by atoms with van der Waals surface area (Å²) >= 11 is 0. The summed E-state index contributed by atoms with van der Waals surface area (Å²) < 4.78 is 0. The topological polar surface area (TPSA) is 151 Å². The van der Waals surface area contributed by atoms with Gasteiger partial charge in [0.2, 0.25) is 23.6 Å². The van der Waals surface area contributed by atoms with Gasteiger partial charge in [0.1, 0.15) is 23.9 Å². The van der Waals surface area contributed by atoms with E-state index in [1.54, 1.807) is 26.0 Å². The largest absolute Gasteiger partial charge is 0.508 e. The molecule has 2 aromatic carbocycles. The predicted molar refractivity (Wildman–Crippen MR) is 127 cm³/mol. The van der Waals surface area contributed by atoms with Gasteiger partial charge in [-0.15, -0.1) is 0 Å². The lowest BCUT2D eigenvalue weighted by Crippen LogP contribution is -2.58. The van der Waals surface area contributed by atoms with Crippen molar-refractivity contribution in [3.63, 3.8) is 0 Å². The van der Waals surface area contributed by atoms with Crippen LogP contribution in [0.3, 0.4) is 0 Å². The third-order valence-electron chi connectivity index (χ3n) is 5.26. The number of primary amides is 1. The number of aromatic hydroxyl groups is 1. The van der Waals surface area contributed by atoms with E-state index in [4.69, 9.17) is 5.73 Å². The molecule has 4 amide bonds. The van der Waals surface area contributed by atoms with Crippen LogP contribution in [0.1, 0.15) is 31.9 Å². The zero-order chi connectivity index (χ0) is 25.3. The number of hydrogen-bond acceptors (Lipinski definition) is 5. The van der Waals surface area contributed by atoms with Crippen molar-refractivity contribution in [2.45, 2.75) is 51.7 Å². The van der Waals surface area contributed by atoms with Gasteiger partial charge in [0.25, 0.3) is 0 Å². The molecule has 6 N–H and O–H groups in total. The average Bonchev–Trinajstić information content (AvgIpc) is 2.77. The molecule has 0 aromatic heterocycles. The van der Waals surface area contributed by atoms with Crippen molar-refractivity contribution in [1.29, 1.82) is 0 Å². The second kappa shape index (κ2) is 12.4. The molecule has 0 fully saturated rings. The van der Waals surface area contributed by atoms with E-state index in [1.165, 1.54) is 19.1 Å². The van der Waals surface area contributed by atoms with Crippen molar-refractivity contribution >= 4 is 23.6 Å². The molecule has 2 rings (SSSR count). The van der Waals surface area contributed by atoms with Crippen molar-refractivity contribution in [3.8, 4) is 5.75 Å². The van der Waals surface area contributed by atoms with Crippen molar-refractivity contribution in [3.05, 3.63) is 65.7 Å². The maximum Gasteiger partial charge on any atom is 0.243 e. The molecule has 0 unspecified atom stereocenters. The monoisotopic (exact) mass is 468 g/mol. The highest BCUT2D eigenvalue weighted by molar-refractivity contribution is 5.94. The molecule has 34 heavy (non-hydrogen) atoms. The van der Waals surface area contributed by atoms with Gasteiger partial charge in [-0.1, -0.05) is 56.3 Å². The first-order valence-corrected chi connectivity index (χ1v) is 11.1. The molecule has 0 saturated carbocycles. The first-order valence-electron chi connectivity index (χ1n) is 11.1. The van der Waals surface area contributed by atoms with Crippen LogP contribution in [0, 0.1) is 5.92 Å². The zero-order valence-corrected chi connectivity index (χ0v) is 19.6. The summed E-state index contributed by atoms with van der Waals surface area (Å²) in [5.74, 6) is -2.40. The summed E-state index contributed by atoms with van der Waals surface area (Å²) in [6.07, 6.45) is 0.381. The van der Waals surface area contributed by atoms with Gasteiger partial charge in [0.15, 0.2) is 0 Å². The van der Waals surface area contributed by atoms with E-state index < -0.39 is 35.8 Å². The number of amides is 4. The van der Waals surface area contributed by atoms with Crippen LogP contribution in [0.15, 0.2) is 54.6 Å². The summed E-state index contributed by atoms with van der Waals surface area (Å²) in [5.41, 5.74) is 7.04. The van der Waals surface area contributed by atoms with Gasteiger partial charge >= 0.3 is 0 Å². The van der Waals surface area contributed by atoms with Crippen LogP contribution in [-0.2, 0) is 32.0 Å². The van der Waals surface area contributed by atoms with Crippen molar-refractivity contribution < 1.29 is 24.3 Å². The summed E-state index contributed by atoms with van der Waals surface area (Å²) in [5, 5.41) is 17.4. The molecule has 2 aromatic rings. The number of carbonyl (C=O) groups is 4. The molecule has 0 aliphatic heterocycles. The summed E-state index contributed by atoms with van der Waals surface area (Å²) in [6, 6.07) is 12.6. The van der Waals surface area contributed by atoms with Crippen LogP contribution in [0.5, 0.6) is 5.75 Å². The Morgan fingerprint density at radius 3 is 1.88 bits per heavy atom. The van der Waals surface area contributed by atoms with Gasteiger partial charge in [-0.05, 0) is 29.2 Å². The molecule has 0 saturated heterocycles. The average molecular weight is 469 g/mol. The van der Waals surface area contributed by atoms with E-state index in [1.807, 2.05) is 30.3 Å². The van der Waals surface area contributed by atoms with E-state index in [-0.39, 0.29) is 30.4 Å². The molecule has 3 atom stereocenters. The third-order valence-corrected chi connectivity index (χ3v) is 5.26. The molecule has 0 bridgehead atoms. The fraction of sp³-hybridized carbons (Fsp3) is 0.360. The number of nitrogens with two attached hydrogens (primary N) is 1. The first kappa shape index (κ1) is 26.4. The maximum absolute atomic E-state index is 13.0. The lowest BCUT2D eigenvalue weighted by molar-refractivity contribution is -0.133. The minimum Gasteiger partial charge on any atom is -0.508 e. The molecule has 0 aliphatic rings. The number of nitrogens with one attached hydrogen (secondary N) is 3. The fourth-order valence-corrected chi connectivity index (χ4v) is 3.45. The van der Waals surface area contributed by atoms with Gasteiger partial charge < -0.3 is 26.8 Å². The van der Waals surface area contributed by atoms with E-state index in [9.17, 15) is 24.3 Å². The molecule has 9 heteroatoms. The highest BCUT2D eigenvalue weighted by Gasteiger charge is 2.30. The minimum absolute atomic E-state index is 0.0789. The molecule has 0 aliphatic carbocycles. The smallest absolute Gasteiger partial charge is 0.243 e. The second-order valence-corrected chi connectivity index (χ2v) is 8.51. The Balaban J connectivity index is 2.12. The predicted octanol–water partition coefficient (Wildman–Crippen LogP) is 0.793. The van der Waals surface area contributed by atoms with Gasteiger partial charge in [-0.2, -0.15) is 0 Å². The van der Waals surface area contributed by atoms with E-state index >= 15 is 0 Å². The Morgan fingerprint density at radius 2 is 1.35 bits per heavy atom. The Kier molecular flexibility index (Phi) is 9.61. The van der Waals surface area contributed by atoms with E-state index in [0.29, 0.717) is 5.56 Å². The lowest BCUT2D eigenvalue weighted by atomic mass is 9.99. The SMILES string of the molecule is CC(=O)N[C@@H](Cc1ccccc1)C(=O)N[C@@H](C(=O)N[C@@H](Cc1ccc(O)cc1)C(N)=O)C(C)C.